The van der Waals surface area contributed by atoms with Crippen LogP contribution in [0.15, 0.2) is 67.0 Å². The zero-order valence-electron chi connectivity index (χ0n) is 12.6. The maximum Gasteiger partial charge on any atom is 0.257 e. The lowest BCUT2D eigenvalue weighted by Gasteiger charge is -2.11. The number of halogens is 1. The van der Waals surface area contributed by atoms with Crippen molar-refractivity contribution >= 4 is 17.5 Å². The van der Waals surface area contributed by atoms with Gasteiger partial charge in [-0.25, -0.2) is 4.39 Å². The molecule has 0 unspecified atom stereocenters. The Labute approximate surface area is 137 Å². The van der Waals surface area contributed by atoms with Gasteiger partial charge in [0.25, 0.3) is 5.91 Å². The van der Waals surface area contributed by atoms with Gasteiger partial charge in [-0.1, -0.05) is 0 Å². The molecule has 6 heteroatoms. The molecule has 120 valence electrons. The molecular formula is C18H14FN3O2. The maximum atomic E-state index is 13.6. The summed E-state index contributed by atoms with van der Waals surface area (Å²) in [6.45, 7) is 0. The van der Waals surface area contributed by atoms with Crippen LogP contribution in [-0.4, -0.2) is 16.4 Å². The van der Waals surface area contributed by atoms with Crippen molar-refractivity contribution in [1.29, 1.82) is 0 Å². The molecule has 24 heavy (non-hydrogen) atoms. The number of nitrogens with one attached hydrogen (secondary N) is 1. The van der Waals surface area contributed by atoms with E-state index in [4.69, 9.17) is 5.73 Å². The average Bonchev–Trinajstić information content (AvgIpc) is 3.09. The van der Waals surface area contributed by atoms with E-state index in [2.05, 4.69) is 5.32 Å². The Morgan fingerprint density at radius 1 is 1.00 bits per heavy atom. The maximum absolute atomic E-state index is 13.6. The van der Waals surface area contributed by atoms with E-state index in [1.807, 2.05) is 12.1 Å². The Morgan fingerprint density at radius 3 is 2.29 bits per heavy atom. The molecule has 1 heterocycles. The molecule has 0 aliphatic carbocycles. The highest BCUT2D eigenvalue weighted by molar-refractivity contribution is 6.07. The van der Waals surface area contributed by atoms with E-state index in [9.17, 15) is 14.0 Å². The molecule has 0 aliphatic heterocycles. The summed E-state index contributed by atoms with van der Waals surface area (Å²) in [5.74, 6) is -1.50. The van der Waals surface area contributed by atoms with E-state index in [-0.39, 0.29) is 5.56 Å². The van der Waals surface area contributed by atoms with Gasteiger partial charge in [-0.05, 0) is 54.6 Å². The number of carbonyl (C=O) groups excluding carboxylic acids is 2. The number of rotatable bonds is 4. The van der Waals surface area contributed by atoms with Gasteiger partial charge in [-0.2, -0.15) is 0 Å². The van der Waals surface area contributed by atoms with Crippen LogP contribution < -0.4 is 11.1 Å². The van der Waals surface area contributed by atoms with Crippen molar-refractivity contribution < 1.29 is 14.0 Å². The summed E-state index contributed by atoms with van der Waals surface area (Å²) in [5, 5.41) is 2.68. The number of primary amides is 1. The quantitative estimate of drug-likeness (QED) is 0.774. The largest absolute Gasteiger partial charge is 0.366 e. The summed E-state index contributed by atoms with van der Waals surface area (Å²) >= 11 is 0. The number of anilines is 1. The third-order valence-electron chi connectivity index (χ3n) is 3.51. The summed E-state index contributed by atoms with van der Waals surface area (Å²) in [4.78, 5) is 23.6. The number of hydrogen-bond acceptors (Lipinski definition) is 2. The highest BCUT2D eigenvalue weighted by atomic mass is 19.1. The molecule has 0 radical (unpaired) electrons. The van der Waals surface area contributed by atoms with E-state index in [1.54, 1.807) is 35.2 Å². The molecule has 0 saturated heterocycles. The lowest BCUT2D eigenvalue weighted by molar-refractivity contribution is 0.0998. The second-order valence-corrected chi connectivity index (χ2v) is 5.15. The monoisotopic (exact) mass is 323 g/mol. The number of nitrogens with zero attached hydrogens (tertiary/aromatic N) is 1. The zero-order valence-corrected chi connectivity index (χ0v) is 12.6. The second kappa shape index (κ2) is 6.37. The molecular weight excluding hydrogens is 309 g/mol. The van der Waals surface area contributed by atoms with Gasteiger partial charge in [0, 0.05) is 23.6 Å². The van der Waals surface area contributed by atoms with Crippen LogP contribution in [-0.2, 0) is 0 Å². The van der Waals surface area contributed by atoms with Gasteiger partial charge in [0.15, 0.2) is 0 Å². The van der Waals surface area contributed by atoms with Crippen molar-refractivity contribution in [2.24, 2.45) is 5.73 Å². The van der Waals surface area contributed by atoms with Crippen LogP contribution in [0.2, 0.25) is 0 Å². The molecule has 3 N–H and O–H groups in total. The van der Waals surface area contributed by atoms with E-state index in [1.165, 1.54) is 24.3 Å². The first kappa shape index (κ1) is 15.5. The van der Waals surface area contributed by atoms with Gasteiger partial charge in [-0.15, -0.1) is 0 Å². The van der Waals surface area contributed by atoms with Gasteiger partial charge in [0.2, 0.25) is 5.91 Å². The zero-order chi connectivity index (χ0) is 17.1. The molecule has 2 aromatic carbocycles. The molecule has 1 aromatic heterocycles. The Kier molecular flexibility index (Phi) is 4.11. The molecule has 0 spiro atoms. The van der Waals surface area contributed by atoms with Crippen molar-refractivity contribution in [3.63, 3.8) is 0 Å². The van der Waals surface area contributed by atoms with Crippen LogP contribution in [0.4, 0.5) is 10.1 Å². The highest BCUT2D eigenvalue weighted by Gasteiger charge is 2.14. The minimum absolute atomic E-state index is 0.199. The fourth-order valence-electron chi connectivity index (χ4n) is 2.33. The number of benzene rings is 2. The van der Waals surface area contributed by atoms with E-state index < -0.39 is 17.6 Å². The number of amides is 2. The smallest absolute Gasteiger partial charge is 0.257 e. The standard InChI is InChI=1S/C18H14FN3O2/c19-13-5-8-16(22-9-1-2-10-22)15(11-13)18(24)21-14-6-3-12(4-7-14)17(20)23/h1-11H,(H2,20,23)(H,21,24). The topological polar surface area (TPSA) is 77.1 Å². The summed E-state index contributed by atoms with van der Waals surface area (Å²) in [7, 11) is 0. The molecule has 3 aromatic rings. The SMILES string of the molecule is NC(=O)c1ccc(NC(=O)c2cc(F)ccc2-n2cccc2)cc1. The van der Waals surface area contributed by atoms with Crippen molar-refractivity contribution in [2.75, 3.05) is 5.32 Å². The molecule has 0 bridgehead atoms. The number of carbonyl (C=O) groups is 2. The second-order valence-electron chi connectivity index (χ2n) is 5.15. The first-order valence-corrected chi connectivity index (χ1v) is 7.19. The van der Waals surface area contributed by atoms with Gasteiger partial charge >= 0.3 is 0 Å². The van der Waals surface area contributed by atoms with E-state index in [0.717, 1.165) is 0 Å². The molecule has 0 aliphatic rings. The Balaban J connectivity index is 1.90. The summed E-state index contributed by atoms with van der Waals surface area (Å²) in [6.07, 6.45) is 3.54. The van der Waals surface area contributed by atoms with Crippen molar-refractivity contribution in [3.8, 4) is 5.69 Å². The number of nitrogens with two attached hydrogens (primary N) is 1. The molecule has 0 atom stereocenters. The van der Waals surface area contributed by atoms with Gasteiger partial charge in [0.1, 0.15) is 5.82 Å². The molecule has 2 amide bonds. The lowest BCUT2D eigenvalue weighted by Crippen LogP contribution is -2.15. The van der Waals surface area contributed by atoms with E-state index >= 15 is 0 Å². The molecule has 5 nitrogen and oxygen atoms in total. The number of hydrogen-bond donors (Lipinski definition) is 2. The minimum Gasteiger partial charge on any atom is -0.366 e. The molecule has 0 fully saturated rings. The first-order valence-electron chi connectivity index (χ1n) is 7.19. The van der Waals surface area contributed by atoms with Crippen LogP contribution in [0.5, 0.6) is 0 Å². The summed E-state index contributed by atoms with van der Waals surface area (Å²) in [6, 6.07) is 13.8. The third-order valence-corrected chi connectivity index (χ3v) is 3.51. The van der Waals surface area contributed by atoms with Gasteiger partial charge in [-0.3, -0.25) is 9.59 Å². The fourth-order valence-corrected chi connectivity index (χ4v) is 2.33. The number of aromatic nitrogens is 1. The Hall–Kier alpha value is -3.41. The van der Waals surface area contributed by atoms with Crippen LogP contribution in [0.1, 0.15) is 20.7 Å². The van der Waals surface area contributed by atoms with Gasteiger partial charge < -0.3 is 15.6 Å². The van der Waals surface area contributed by atoms with Crippen molar-refractivity contribution in [3.05, 3.63) is 83.9 Å². The highest BCUT2D eigenvalue weighted by Crippen LogP contribution is 2.19. The average molecular weight is 323 g/mol. The molecule has 3 rings (SSSR count). The first-order chi connectivity index (χ1) is 11.5. The fraction of sp³-hybridized carbons (Fsp3) is 0. The predicted octanol–water partition coefficient (Wildman–Crippen LogP) is 2.97. The molecule has 0 saturated carbocycles. The normalized spacial score (nSPS) is 10.4. The van der Waals surface area contributed by atoms with E-state index in [0.29, 0.717) is 16.9 Å². The van der Waals surface area contributed by atoms with Crippen LogP contribution in [0, 0.1) is 5.82 Å². The van der Waals surface area contributed by atoms with Crippen molar-refractivity contribution in [1.82, 2.24) is 4.57 Å². The van der Waals surface area contributed by atoms with Crippen LogP contribution >= 0.6 is 0 Å². The summed E-state index contributed by atoms with van der Waals surface area (Å²) in [5.41, 5.74) is 6.76. The predicted molar refractivity (Wildman–Crippen MR) is 88.6 cm³/mol. The lowest BCUT2D eigenvalue weighted by atomic mass is 10.1. The van der Waals surface area contributed by atoms with Crippen LogP contribution in [0.3, 0.4) is 0 Å². The minimum atomic E-state index is -0.548. The van der Waals surface area contributed by atoms with Crippen molar-refractivity contribution in [2.45, 2.75) is 0 Å². The Morgan fingerprint density at radius 2 is 1.67 bits per heavy atom. The third kappa shape index (κ3) is 3.17. The Bertz CT molecular complexity index is 887. The van der Waals surface area contributed by atoms with Gasteiger partial charge in [0.05, 0.1) is 11.3 Å². The summed E-state index contributed by atoms with van der Waals surface area (Å²) < 4.78 is 15.3. The van der Waals surface area contributed by atoms with Crippen LogP contribution in [0.25, 0.3) is 5.69 Å².